The van der Waals surface area contributed by atoms with Gasteiger partial charge in [-0.3, -0.25) is 4.79 Å². The number of likely N-dealkylation sites (tertiary alicyclic amines) is 1. The molecule has 1 unspecified atom stereocenters. The molecule has 0 bridgehead atoms. The second-order valence-electron chi connectivity index (χ2n) is 6.30. The molecule has 4 heteroatoms. The van der Waals surface area contributed by atoms with Crippen LogP contribution in [0, 0.1) is 0 Å². The lowest BCUT2D eigenvalue weighted by molar-refractivity contribution is -0.140. The van der Waals surface area contributed by atoms with Crippen LogP contribution in [0.25, 0.3) is 0 Å². The van der Waals surface area contributed by atoms with Crippen molar-refractivity contribution in [1.82, 2.24) is 4.90 Å². The van der Waals surface area contributed by atoms with Gasteiger partial charge in [0.2, 0.25) is 5.91 Å². The van der Waals surface area contributed by atoms with E-state index in [-0.39, 0.29) is 18.6 Å². The summed E-state index contributed by atoms with van der Waals surface area (Å²) < 4.78 is 0. The molecule has 1 amide bonds. The van der Waals surface area contributed by atoms with Gasteiger partial charge in [-0.1, -0.05) is 23.7 Å². The molecule has 1 saturated heterocycles. The molecule has 1 atom stereocenters. The normalized spacial score (nSPS) is 19.6. The molecule has 0 aromatic heterocycles. The van der Waals surface area contributed by atoms with Crippen LogP contribution in [-0.4, -0.2) is 35.1 Å². The monoisotopic (exact) mass is 309 g/mol. The Kier molecular flexibility index (Phi) is 5.28. The molecule has 1 aromatic carbocycles. The molecule has 1 N–H and O–H groups in total. The van der Waals surface area contributed by atoms with E-state index >= 15 is 0 Å². The van der Waals surface area contributed by atoms with E-state index in [1.165, 1.54) is 0 Å². The number of amides is 1. The third kappa shape index (κ3) is 3.58. The number of nitrogens with zero attached hydrogens (tertiary/aromatic N) is 1. The lowest BCUT2D eigenvalue weighted by atomic mass is 9.82. The summed E-state index contributed by atoms with van der Waals surface area (Å²) in [5, 5.41) is 9.87. The van der Waals surface area contributed by atoms with Gasteiger partial charge in [-0.25, -0.2) is 0 Å². The summed E-state index contributed by atoms with van der Waals surface area (Å²) >= 11 is 6.06. The first kappa shape index (κ1) is 16.3. The molecular formula is C17H24ClNO2. The average molecular weight is 310 g/mol. The van der Waals surface area contributed by atoms with Crippen molar-refractivity contribution in [2.45, 2.75) is 51.0 Å². The molecule has 1 aliphatic rings. The van der Waals surface area contributed by atoms with Crippen molar-refractivity contribution in [3.05, 3.63) is 34.9 Å². The van der Waals surface area contributed by atoms with Gasteiger partial charge in [0, 0.05) is 24.2 Å². The Morgan fingerprint density at radius 1 is 1.43 bits per heavy atom. The molecule has 1 heterocycles. The Labute approximate surface area is 131 Å². The maximum absolute atomic E-state index is 13.0. The van der Waals surface area contributed by atoms with Crippen LogP contribution in [0.3, 0.4) is 0 Å². The Balaban J connectivity index is 2.23. The van der Waals surface area contributed by atoms with Gasteiger partial charge < -0.3 is 10.0 Å². The topological polar surface area (TPSA) is 40.5 Å². The Morgan fingerprint density at radius 3 is 2.86 bits per heavy atom. The number of carbonyl (C=O) groups is 1. The number of aliphatic hydroxyl groups excluding tert-OH is 1. The molecule has 0 spiro atoms. The Hall–Kier alpha value is -1.06. The molecule has 1 fully saturated rings. The fourth-order valence-electron chi connectivity index (χ4n) is 3.08. The highest BCUT2D eigenvalue weighted by atomic mass is 35.5. The summed E-state index contributed by atoms with van der Waals surface area (Å²) in [7, 11) is 0. The van der Waals surface area contributed by atoms with Crippen LogP contribution in [-0.2, 0) is 10.2 Å². The summed E-state index contributed by atoms with van der Waals surface area (Å²) in [6, 6.07) is 7.68. The van der Waals surface area contributed by atoms with Crippen molar-refractivity contribution in [2.75, 3.05) is 13.2 Å². The smallest absolute Gasteiger partial charge is 0.232 e. The zero-order valence-electron chi connectivity index (χ0n) is 12.8. The van der Waals surface area contributed by atoms with Gasteiger partial charge in [0.1, 0.15) is 0 Å². The first-order valence-electron chi connectivity index (χ1n) is 7.65. The van der Waals surface area contributed by atoms with Gasteiger partial charge in [0.25, 0.3) is 0 Å². The SMILES string of the molecule is CC(C)(C(=O)N1CCCCC1CCO)c1cccc(Cl)c1. The van der Waals surface area contributed by atoms with E-state index in [1.54, 1.807) is 0 Å². The molecule has 2 rings (SSSR count). The van der Waals surface area contributed by atoms with E-state index in [4.69, 9.17) is 11.6 Å². The summed E-state index contributed by atoms with van der Waals surface area (Å²) in [5.74, 6) is 0.128. The lowest BCUT2D eigenvalue weighted by Gasteiger charge is -2.40. The number of hydrogen-bond donors (Lipinski definition) is 1. The fraction of sp³-hybridized carbons (Fsp3) is 0.588. The summed E-state index contributed by atoms with van der Waals surface area (Å²) in [6.45, 7) is 4.82. The first-order valence-corrected chi connectivity index (χ1v) is 8.02. The minimum Gasteiger partial charge on any atom is -0.396 e. The number of rotatable bonds is 4. The Bertz CT molecular complexity index is 499. The maximum atomic E-state index is 13.0. The number of carbonyl (C=O) groups excluding carboxylic acids is 1. The largest absolute Gasteiger partial charge is 0.396 e. The van der Waals surface area contributed by atoms with Crippen molar-refractivity contribution < 1.29 is 9.90 Å². The van der Waals surface area contributed by atoms with E-state index < -0.39 is 5.41 Å². The van der Waals surface area contributed by atoms with Gasteiger partial charge in [-0.15, -0.1) is 0 Å². The minimum atomic E-state index is -0.601. The minimum absolute atomic E-state index is 0.128. The van der Waals surface area contributed by atoms with Crippen LogP contribution >= 0.6 is 11.6 Å². The van der Waals surface area contributed by atoms with Crippen LogP contribution in [0.15, 0.2) is 24.3 Å². The standard InChI is InChI=1S/C17H24ClNO2/c1-17(2,13-6-5-7-14(18)12-13)16(21)19-10-4-3-8-15(19)9-11-20/h5-7,12,15,20H,3-4,8-11H2,1-2H3. The predicted octanol–water partition coefficient (Wildman–Crippen LogP) is 3.38. The molecule has 1 aromatic rings. The van der Waals surface area contributed by atoms with Crippen molar-refractivity contribution >= 4 is 17.5 Å². The quantitative estimate of drug-likeness (QED) is 0.926. The molecule has 3 nitrogen and oxygen atoms in total. The Morgan fingerprint density at radius 2 is 2.19 bits per heavy atom. The third-order valence-corrected chi connectivity index (χ3v) is 4.67. The highest BCUT2D eigenvalue weighted by Gasteiger charge is 2.37. The van der Waals surface area contributed by atoms with Crippen molar-refractivity contribution in [3.63, 3.8) is 0 Å². The molecule has 116 valence electrons. The molecule has 0 saturated carbocycles. The number of halogens is 1. The van der Waals surface area contributed by atoms with E-state index in [9.17, 15) is 9.90 Å². The third-order valence-electron chi connectivity index (χ3n) is 4.43. The fourth-order valence-corrected chi connectivity index (χ4v) is 3.27. The van der Waals surface area contributed by atoms with Crippen LogP contribution in [0.2, 0.25) is 5.02 Å². The maximum Gasteiger partial charge on any atom is 0.232 e. The van der Waals surface area contributed by atoms with Crippen molar-refractivity contribution in [3.8, 4) is 0 Å². The van der Waals surface area contributed by atoms with Crippen LogP contribution in [0.4, 0.5) is 0 Å². The summed E-state index contributed by atoms with van der Waals surface area (Å²) in [5.41, 5.74) is 0.337. The first-order chi connectivity index (χ1) is 9.96. The van der Waals surface area contributed by atoms with Gasteiger partial charge in [-0.2, -0.15) is 0 Å². The molecule has 21 heavy (non-hydrogen) atoms. The van der Waals surface area contributed by atoms with Gasteiger partial charge in [0.05, 0.1) is 5.41 Å². The summed E-state index contributed by atoms with van der Waals surface area (Å²) in [6.07, 6.45) is 3.82. The van der Waals surface area contributed by atoms with Gasteiger partial charge in [-0.05, 0) is 57.2 Å². The van der Waals surface area contributed by atoms with E-state index in [0.29, 0.717) is 11.4 Å². The number of piperidine rings is 1. The zero-order chi connectivity index (χ0) is 15.5. The van der Waals surface area contributed by atoms with Gasteiger partial charge in [0.15, 0.2) is 0 Å². The highest BCUT2D eigenvalue weighted by molar-refractivity contribution is 6.30. The van der Waals surface area contributed by atoms with E-state index in [1.807, 2.05) is 43.0 Å². The molecule has 1 aliphatic heterocycles. The van der Waals surface area contributed by atoms with Crippen LogP contribution in [0.1, 0.15) is 45.1 Å². The molecular weight excluding hydrogens is 286 g/mol. The summed E-state index contributed by atoms with van der Waals surface area (Å²) in [4.78, 5) is 15.0. The zero-order valence-corrected chi connectivity index (χ0v) is 13.6. The lowest BCUT2D eigenvalue weighted by Crippen LogP contribution is -2.51. The second kappa shape index (κ2) is 6.80. The van der Waals surface area contributed by atoms with Gasteiger partial charge >= 0.3 is 0 Å². The van der Waals surface area contributed by atoms with Crippen molar-refractivity contribution in [2.24, 2.45) is 0 Å². The predicted molar refractivity (Wildman–Crippen MR) is 85.5 cm³/mol. The van der Waals surface area contributed by atoms with Crippen LogP contribution < -0.4 is 0 Å². The number of benzene rings is 1. The second-order valence-corrected chi connectivity index (χ2v) is 6.73. The number of hydrogen-bond acceptors (Lipinski definition) is 2. The average Bonchev–Trinajstić information content (AvgIpc) is 2.47. The highest BCUT2D eigenvalue weighted by Crippen LogP contribution is 2.31. The number of aliphatic hydroxyl groups is 1. The molecule has 0 radical (unpaired) electrons. The molecule has 0 aliphatic carbocycles. The van der Waals surface area contributed by atoms with Crippen LogP contribution in [0.5, 0.6) is 0 Å². The van der Waals surface area contributed by atoms with E-state index in [0.717, 1.165) is 31.4 Å². The van der Waals surface area contributed by atoms with E-state index in [2.05, 4.69) is 0 Å². The van der Waals surface area contributed by atoms with Crippen molar-refractivity contribution in [1.29, 1.82) is 0 Å².